The first-order valence-electron chi connectivity index (χ1n) is 11.6. The number of nitrogens with zero attached hydrogens (tertiary/aromatic N) is 1. The number of H-pyrrole nitrogens is 1. The molecule has 2 aromatic heterocycles. The van der Waals surface area contributed by atoms with Gasteiger partial charge in [0.1, 0.15) is 11.6 Å². The van der Waals surface area contributed by atoms with Crippen LogP contribution in [-0.4, -0.2) is 15.9 Å². The highest BCUT2D eigenvalue weighted by molar-refractivity contribution is 6.31. The number of para-hydroxylation sites is 1. The van der Waals surface area contributed by atoms with Crippen molar-refractivity contribution in [2.75, 3.05) is 5.32 Å². The Bertz CT molecular complexity index is 1500. The lowest BCUT2D eigenvalue weighted by Crippen LogP contribution is -2.12. The number of aromatic amines is 1. The number of halogens is 2. The Kier molecular flexibility index (Phi) is 6.96. The number of aryl methyl sites for hydroxylation is 1. The van der Waals surface area contributed by atoms with Crippen LogP contribution < -0.4 is 10.1 Å². The molecule has 0 aliphatic heterocycles. The molecular formula is C29H23ClFN3O2. The van der Waals surface area contributed by atoms with Crippen molar-refractivity contribution < 1.29 is 13.9 Å². The van der Waals surface area contributed by atoms with Crippen molar-refractivity contribution >= 4 is 34.1 Å². The van der Waals surface area contributed by atoms with Crippen LogP contribution in [0.3, 0.4) is 0 Å². The summed E-state index contributed by atoms with van der Waals surface area (Å²) >= 11 is 6.17. The molecule has 5 rings (SSSR count). The molecule has 36 heavy (non-hydrogen) atoms. The molecule has 3 aromatic carbocycles. The number of rotatable bonds is 8. The molecule has 0 aliphatic carbocycles. The average molecular weight is 500 g/mol. The van der Waals surface area contributed by atoms with E-state index in [-0.39, 0.29) is 18.1 Å². The predicted octanol–water partition coefficient (Wildman–Crippen LogP) is 7.78. The molecule has 5 nitrogen and oxygen atoms in total. The highest BCUT2D eigenvalue weighted by atomic mass is 35.5. The largest absolute Gasteiger partial charge is 0.455 e. The molecule has 2 N–H and O–H groups in total. The fourth-order valence-corrected chi connectivity index (χ4v) is 4.32. The number of hydrogen-bond acceptors (Lipinski definition) is 3. The summed E-state index contributed by atoms with van der Waals surface area (Å²) in [7, 11) is 0. The molecule has 2 heterocycles. The summed E-state index contributed by atoms with van der Waals surface area (Å²) in [4.78, 5) is 20.6. The third-order valence-electron chi connectivity index (χ3n) is 5.81. The van der Waals surface area contributed by atoms with E-state index in [9.17, 15) is 9.18 Å². The zero-order valence-corrected chi connectivity index (χ0v) is 20.1. The van der Waals surface area contributed by atoms with Gasteiger partial charge in [-0.05, 0) is 79.1 Å². The standard InChI is InChI=1S/C29H23ClFN3O2/c30-19-12-15-27(36-21-7-2-1-3-8-21)26(17-19)33-28(35)11-6-9-22-23-18-20(31)13-14-24(23)34-29(22)25-10-4-5-16-32-25/h1-5,7-8,10,12-18,34H,6,9,11H2,(H,33,35). The van der Waals surface area contributed by atoms with E-state index in [1.54, 1.807) is 30.5 Å². The minimum Gasteiger partial charge on any atom is -0.455 e. The van der Waals surface area contributed by atoms with Gasteiger partial charge in [0.15, 0.2) is 5.75 Å². The van der Waals surface area contributed by atoms with Crippen molar-refractivity contribution in [1.29, 1.82) is 0 Å². The van der Waals surface area contributed by atoms with Gasteiger partial charge in [-0.2, -0.15) is 0 Å². The third kappa shape index (κ3) is 5.39. The number of carbonyl (C=O) groups is 1. The van der Waals surface area contributed by atoms with Crippen LogP contribution in [0, 0.1) is 5.82 Å². The van der Waals surface area contributed by atoms with E-state index in [0.717, 1.165) is 27.9 Å². The number of fused-ring (bicyclic) bond motifs is 1. The summed E-state index contributed by atoms with van der Waals surface area (Å²) in [5.74, 6) is 0.688. The van der Waals surface area contributed by atoms with Crippen molar-refractivity contribution in [2.45, 2.75) is 19.3 Å². The summed E-state index contributed by atoms with van der Waals surface area (Å²) < 4.78 is 20.0. The molecule has 0 bridgehead atoms. The van der Waals surface area contributed by atoms with E-state index in [1.165, 1.54) is 12.1 Å². The first-order valence-corrected chi connectivity index (χ1v) is 12.0. The number of pyridine rings is 1. The highest BCUT2D eigenvalue weighted by Gasteiger charge is 2.16. The van der Waals surface area contributed by atoms with Gasteiger partial charge in [0.05, 0.1) is 17.1 Å². The van der Waals surface area contributed by atoms with Crippen molar-refractivity contribution in [1.82, 2.24) is 9.97 Å². The summed E-state index contributed by atoms with van der Waals surface area (Å²) in [6, 6.07) is 24.8. The first-order chi connectivity index (χ1) is 17.6. The third-order valence-corrected chi connectivity index (χ3v) is 6.04. The van der Waals surface area contributed by atoms with E-state index in [0.29, 0.717) is 35.1 Å². The van der Waals surface area contributed by atoms with Crippen molar-refractivity contribution in [3.05, 3.63) is 108 Å². The van der Waals surface area contributed by atoms with E-state index in [4.69, 9.17) is 16.3 Å². The summed E-state index contributed by atoms with van der Waals surface area (Å²) in [6.07, 6.45) is 3.12. The van der Waals surface area contributed by atoms with Crippen LogP contribution >= 0.6 is 11.6 Å². The first kappa shape index (κ1) is 23.6. The minimum absolute atomic E-state index is 0.166. The highest BCUT2D eigenvalue weighted by Crippen LogP contribution is 2.33. The molecule has 1 amide bonds. The van der Waals surface area contributed by atoms with Crippen LogP contribution in [0.25, 0.3) is 22.3 Å². The lowest BCUT2D eigenvalue weighted by molar-refractivity contribution is -0.116. The molecule has 0 unspecified atom stereocenters. The van der Waals surface area contributed by atoms with Gasteiger partial charge in [0, 0.05) is 28.5 Å². The molecule has 0 spiro atoms. The molecule has 0 atom stereocenters. The predicted molar refractivity (Wildman–Crippen MR) is 141 cm³/mol. The van der Waals surface area contributed by atoms with Crippen molar-refractivity contribution in [3.63, 3.8) is 0 Å². The van der Waals surface area contributed by atoms with E-state index < -0.39 is 0 Å². The molecular weight excluding hydrogens is 477 g/mol. The molecule has 0 fully saturated rings. The molecule has 0 radical (unpaired) electrons. The number of anilines is 1. The topological polar surface area (TPSA) is 67.0 Å². The lowest BCUT2D eigenvalue weighted by atomic mass is 10.0. The quantitative estimate of drug-likeness (QED) is 0.229. The maximum absolute atomic E-state index is 14.0. The van der Waals surface area contributed by atoms with Crippen LogP contribution in [0.2, 0.25) is 5.02 Å². The fraction of sp³-hybridized carbons (Fsp3) is 0.103. The lowest BCUT2D eigenvalue weighted by Gasteiger charge is -2.13. The van der Waals surface area contributed by atoms with E-state index in [2.05, 4.69) is 15.3 Å². The summed E-state index contributed by atoms with van der Waals surface area (Å²) in [5.41, 5.74) is 3.88. The maximum Gasteiger partial charge on any atom is 0.224 e. The molecule has 0 aliphatic rings. The zero-order valence-electron chi connectivity index (χ0n) is 19.3. The van der Waals surface area contributed by atoms with Crippen LogP contribution in [-0.2, 0) is 11.2 Å². The van der Waals surface area contributed by atoms with Gasteiger partial charge in [0.2, 0.25) is 5.91 Å². The number of amides is 1. The molecule has 180 valence electrons. The van der Waals surface area contributed by atoms with E-state index >= 15 is 0 Å². The van der Waals surface area contributed by atoms with Gasteiger partial charge in [-0.3, -0.25) is 9.78 Å². The summed E-state index contributed by atoms with van der Waals surface area (Å²) in [6.45, 7) is 0. The second-order valence-corrected chi connectivity index (χ2v) is 8.78. The minimum atomic E-state index is -0.306. The SMILES string of the molecule is O=C(CCCc1c(-c2ccccn2)[nH]c2ccc(F)cc12)Nc1cc(Cl)ccc1Oc1ccccc1. The van der Waals surface area contributed by atoms with Crippen LogP contribution in [0.1, 0.15) is 18.4 Å². The van der Waals surface area contributed by atoms with E-state index in [1.807, 2.05) is 48.5 Å². The van der Waals surface area contributed by atoms with Crippen LogP contribution in [0.4, 0.5) is 10.1 Å². The fourth-order valence-electron chi connectivity index (χ4n) is 4.15. The number of benzene rings is 3. The van der Waals surface area contributed by atoms with Crippen LogP contribution in [0.5, 0.6) is 11.5 Å². The molecule has 5 aromatic rings. The Morgan fingerprint density at radius 2 is 1.83 bits per heavy atom. The normalized spacial score (nSPS) is 10.9. The number of hydrogen-bond donors (Lipinski definition) is 2. The molecule has 0 saturated carbocycles. The van der Waals surface area contributed by atoms with Gasteiger partial charge >= 0.3 is 0 Å². The number of nitrogens with one attached hydrogen (secondary N) is 2. The smallest absolute Gasteiger partial charge is 0.224 e. The maximum atomic E-state index is 14.0. The molecule has 7 heteroatoms. The Hall–Kier alpha value is -4.16. The second-order valence-electron chi connectivity index (χ2n) is 8.34. The number of carbonyl (C=O) groups excluding carboxylic acids is 1. The zero-order chi connectivity index (χ0) is 24.9. The van der Waals surface area contributed by atoms with Crippen molar-refractivity contribution in [3.8, 4) is 22.9 Å². The van der Waals surface area contributed by atoms with Gasteiger partial charge in [-0.25, -0.2) is 4.39 Å². The number of ether oxygens (including phenoxy) is 1. The van der Waals surface area contributed by atoms with Crippen LogP contribution in [0.15, 0.2) is 91.1 Å². The number of aromatic nitrogens is 2. The van der Waals surface area contributed by atoms with Gasteiger partial charge < -0.3 is 15.0 Å². The van der Waals surface area contributed by atoms with Crippen molar-refractivity contribution in [2.24, 2.45) is 0 Å². The average Bonchev–Trinajstić information content (AvgIpc) is 3.24. The monoisotopic (exact) mass is 499 g/mol. The Labute approximate surface area is 212 Å². The van der Waals surface area contributed by atoms with Gasteiger partial charge in [-0.1, -0.05) is 35.9 Å². The summed E-state index contributed by atoms with van der Waals surface area (Å²) in [5, 5.41) is 4.20. The second kappa shape index (κ2) is 10.6. The van der Waals surface area contributed by atoms with Gasteiger partial charge in [0.25, 0.3) is 0 Å². The Morgan fingerprint density at radius 1 is 1.00 bits per heavy atom. The molecule has 0 saturated heterocycles. The van der Waals surface area contributed by atoms with Gasteiger partial charge in [-0.15, -0.1) is 0 Å². The Balaban J connectivity index is 1.31. The Morgan fingerprint density at radius 3 is 2.64 bits per heavy atom.